The van der Waals surface area contributed by atoms with Gasteiger partial charge in [-0.1, -0.05) is 23.4 Å². The summed E-state index contributed by atoms with van der Waals surface area (Å²) in [5.41, 5.74) is 0.554. The molecule has 0 spiro atoms. The first kappa shape index (κ1) is 12.9. The molecule has 1 nitrogen and oxygen atoms in total. The Morgan fingerprint density at radius 2 is 1.81 bits per heavy atom. The monoisotopic (exact) mass is 248 g/mol. The fourth-order valence-corrected chi connectivity index (χ4v) is 1.02. The van der Waals surface area contributed by atoms with Crippen molar-refractivity contribution in [1.82, 2.24) is 0 Å². The van der Waals surface area contributed by atoms with Gasteiger partial charge in [-0.05, 0) is 24.3 Å². The van der Waals surface area contributed by atoms with E-state index in [1.807, 2.05) is 0 Å². The summed E-state index contributed by atoms with van der Waals surface area (Å²) in [5, 5.41) is 9.19. The third-order valence-electron chi connectivity index (χ3n) is 1.75. The van der Waals surface area contributed by atoms with Crippen LogP contribution in [0.1, 0.15) is 12.0 Å². The van der Waals surface area contributed by atoms with E-state index in [2.05, 4.69) is 11.8 Å². The molecule has 0 fully saturated rings. The highest BCUT2D eigenvalue weighted by molar-refractivity contribution is 6.30. The topological polar surface area (TPSA) is 20.2 Å². The Hall–Kier alpha value is -1.18. The zero-order chi connectivity index (χ0) is 12.2. The van der Waals surface area contributed by atoms with Crippen molar-refractivity contribution >= 4 is 11.6 Å². The maximum absolute atomic E-state index is 11.9. The molecule has 1 aromatic carbocycles. The van der Waals surface area contributed by atoms with Crippen LogP contribution in [0.2, 0.25) is 5.02 Å². The highest BCUT2D eigenvalue weighted by atomic mass is 35.5. The minimum Gasteiger partial charge on any atom is -0.383 e. The van der Waals surface area contributed by atoms with Gasteiger partial charge in [0, 0.05) is 17.0 Å². The number of rotatable bonds is 1. The van der Waals surface area contributed by atoms with Crippen molar-refractivity contribution in [2.24, 2.45) is 0 Å². The highest BCUT2D eigenvalue weighted by Crippen LogP contribution is 2.21. The van der Waals surface area contributed by atoms with Gasteiger partial charge >= 0.3 is 6.18 Å². The molecule has 1 aromatic rings. The molecule has 16 heavy (non-hydrogen) atoms. The predicted octanol–water partition coefficient (Wildman–Crippen LogP) is 3.00. The lowest BCUT2D eigenvalue weighted by Gasteiger charge is -2.10. The van der Waals surface area contributed by atoms with Gasteiger partial charge in [-0.3, -0.25) is 0 Å². The van der Waals surface area contributed by atoms with E-state index in [0.29, 0.717) is 10.6 Å². The summed E-state index contributed by atoms with van der Waals surface area (Å²) in [6, 6.07) is 6.36. The standard InChI is InChI=1S/C11H8ClF3O/c12-9-6-4-8(5-7-9)2-1-3-10(16)11(13,14)15/h4-7,10,16H,3H2. The normalized spacial score (nSPS) is 12.8. The van der Waals surface area contributed by atoms with Crippen molar-refractivity contribution in [2.75, 3.05) is 0 Å². The zero-order valence-corrected chi connectivity index (χ0v) is 8.81. The van der Waals surface area contributed by atoms with Gasteiger partial charge in [0.25, 0.3) is 0 Å². The number of benzene rings is 1. The molecule has 1 unspecified atom stereocenters. The molecule has 0 aliphatic carbocycles. The maximum Gasteiger partial charge on any atom is 0.415 e. The maximum atomic E-state index is 11.9. The summed E-state index contributed by atoms with van der Waals surface area (Å²) in [6.45, 7) is 0. The van der Waals surface area contributed by atoms with E-state index in [-0.39, 0.29) is 0 Å². The second-order valence-electron chi connectivity index (χ2n) is 3.07. The van der Waals surface area contributed by atoms with Crippen molar-refractivity contribution in [3.63, 3.8) is 0 Å². The fraction of sp³-hybridized carbons (Fsp3) is 0.273. The summed E-state index contributed by atoms with van der Waals surface area (Å²) < 4.78 is 35.7. The number of hydrogen-bond donors (Lipinski definition) is 1. The van der Waals surface area contributed by atoms with Gasteiger partial charge in [-0.25, -0.2) is 0 Å². The average molecular weight is 249 g/mol. The van der Waals surface area contributed by atoms with Gasteiger partial charge in [-0.2, -0.15) is 13.2 Å². The van der Waals surface area contributed by atoms with Crippen LogP contribution in [0.4, 0.5) is 13.2 Å². The molecule has 1 N–H and O–H groups in total. The summed E-state index contributed by atoms with van der Waals surface area (Å²) in [4.78, 5) is 0. The van der Waals surface area contributed by atoms with E-state index in [4.69, 9.17) is 16.7 Å². The summed E-state index contributed by atoms with van der Waals surface area (Å²) in [6.07, 6.45) is -7.65. The van der Waals surface area contributed by atoms with E-state index in [0.717, 1.165) is 0 Å². The van der Waals surface area contributed by atoms with E-state index in [1.54, 1.807) is 24.3 Å². The van der Waals surface area contributed by atoms with Crippen LogP contribution in [0.25, 0.3) is 0 Å². The predicted molar refractivity (Wildman–Crippen MR) is 55.0 cm³/mol. The van der Waals surface area contributed by atoms with Crippen LogP contribution in [0.3, 0.4) is 0 Å². The molecule has 0 aromatic heterocycles. The molecule has 0 aliphatic heterocycles. The molecule has 1 rings (SSSR count). The zero-order valence-electron chi connectivity index (χ0n) is 8.05. The van der Waals surface area contributed by atoms with Crippen molar-refractivity contribution in [2.45, 2.75) is 18.7 Å². The fourth-order valence-electron chi connectivity index (χ4n) is 0.899. The van der Waals surface area contributed by atoms with Crippen LogP contribution in [0.15, 0.2) is 24.3 Å². The molecular formula is C11H8ClF3O. The summed E-state index contributed by atoms with van der Waals surface area (Å²) in [5.74, 6) is 4.77. The minimum absolute atomic E-state index is 0.529. The number of hydrogen-bond acceptors (Lipinski definition) is 1. The van der Waals surface area contributed by atoms with Gasteiger partial charge in [0.2, 0.25) is 0 Å². The second-order valence-corrected chi connectivity index (χ2v) is 3.51. The lowest BCUT2D eigenvalue weighted by Crippen LogP contribution is -2.27. The Bertz CT molecular complexity index is 400. The summed E-state index contributed by atoms with van der Waals surface area (Å²) >= 11 is 5.62. The summed E-state index contributed by atoms with van der Waals surface area (Å²) in [7, 11) is 0. The van der Waals surface area contributed by atoms with Crippen molar-refractivity contribution < 1.29 is 18.3 Å². The third-order valence-corrected chi connectivity index (χ3v) is 2.00. The lowest BCUT2D eigenvalue weighted by atomic mass is 10.2. The van der Waals surface area contributed by atoms with Gasteiger partial charge in [-0.15, -0.1) is 0 Å². The smallest absolute Gasteiger partial charge is 0.383 e. The third kappa shape index (κ3) is 4.13. The Morgan fingerprint density at radius 3 is 2.31 bits per heavy atom. The van der Waals surface area contributed by atoms with Gasteiger partial charge in [0.05, 0.1) is 0 Å². The Morgan fingerprint density at radius 1 is 1.25 bits per heavy atom. The number of aliphatic hydroxyl groups is 1. The lowest BCUT2D eigenvalue weighted by molar-refractivity contribution is -0.201. The Labute approximate surface area is 95.8 Å². The molecule has 0 bridgehead atoms. The average Bonchev–Trinajstić information content (AvgIpc) is 2.19. The molecule has 1 atom stereocenters. The van der Waals surface area contributed by atoms with Crippen molar-refractivity contribution in [1.29, 1.82) is 0 Å². The van der Waals surface area contributed by atoms with Crippen molar-refractivity contribution in [3.8, 4) is 11.8 Å². The van der Waals surface area contributed by atoms with Crippen LogP contribution in [0.5, 0.6) is 0 Å². The first-order chi connectivity index (χ1) is 7.39. The van der Waals surface area contributed by atoms with E-state index in [9.17, 15) is 13.2 Å². The van der Waals surface area contributed by atoms with Crippen LogP contribution in [-0.4, -0.2) is 17.4 Å². The van der Waals surface area contributed by atoms with Crippen LogP contribution < -0.4 is 0 Å². The van der Waals surface area contributed by atoms with Crippen LogP contribution in [-0.2, 0) is 0 Å². The molecule has 0 amide bonds. The van der Waals surface area contributed by atoms with E-state index < -0.39 is 18.7 Å². The van der Waals surface area contributed by atoms with Gasteiger partial charge in [0.1, 0.15) is 0 Å². The highest BCUT2D eigenvalue weighted by Gasteiger charge is 2.37. The molecule has 5 heteroatoms. The molecule has 0 heterocycles. The Kier molecular flexibility index (Phi) is 4.22. The first-order valence-electron chi connectivity index (χ1n) is 4.39. The second kappa shape index (κ2) is 5.24. The molecule has 0 radical (unpaired) electrons. The van der Waals surface area contributed by atoms with Gasteiger partial charge < -0.3 is 5.11 Å². The molecule has 0 saturated carbocycles. The minimum atomic E-state index is -4.62. The Balaban J connectivity index is 2.59. The van der Waals surface area contributed by atoms with E-state index in [1.165, 1.54) is 0 Å². The van der Waals surface area contributed by atoms with Crippen LogP contribution in [0, 0.1) is 11.8 Å². The SMILES string of the molecule is OC(CC#Cc1ccc(Cl)cc1)C(F)(F)F. The van der Waals surface area contributed by atoms with E-state index >= 15 is 0 Å². The molecule has 86 valence electrons. The number of aliphatic hydroxyl groups excluding tert-OH is 1. The number of alkyl halides is 3. The molecular weight excluding hydrogens is 241 g/mol. The molecule has 0 saturated heterocycles. The quantitative estimate of drug-likeness (QED) is 0.758. The largest absolute Gasteiger partial charge is 0.415 e. The molecule has 0 aliphatic rings. The van der Waals surface area contributed by atoms with Crippen LogP contribution >= 0.6 is 11.6 Å². The first-order valence-corrected chi connectivity index (χ1v) is 4.76. The van der Waals surface area contributed by atoms with Gasteiger partial charge in [0.15, 0.2) is 6.10 Å². The number of halogens is 4. The van der Waals surface area contributed by atoms with Crippen molar-refractivity contribution in [3.05, 3.63) is 34.9 Å².